The molecule has 1 heterocycles. The fraction of sp³-hybridized carbons (Fsp3) is 0.421. The van der Waals surface area contributed by atoms with Crippen LogP contribution in [0.1, 0.15) is 37.4 Å². The van der Waals surface area contributed by atoms with Crippen LogP contribution in [0.3, 0.4) is 0 Å². The number of furan rings is 1. The summed E-state index contributed by atoms with van der Waals surface area (Å²) in [4.78, 5) is 14.5. The number of carbonyl (C=O) groups excluding carboxylic acids is 1. The summed E-state index contributed by atoms with van der Waals surface area (Å²) in [6, 6.07) is 9.89. The van der Waals surface area contributed by atoms with Gasteiger partial charge >= 0.3 is 0 Å². The summed E-state index contributed by atoms with van der Waals surface area (Å²) in [6.07, 6.45) is 1.17. The van der Waals surface area contributed by atoms with Crippen LogP contribution in [0.2, 0.25) is 0 Å². The predicted octanol–water partition coefficient (Wildman–Crippen LogP) is 4.73. The molecule has 0 saturated carbocycles. The fourth-order valence-corrected chi connectivity index (χ4v) is 3.15. The number of hydrogen-bond donors (Lipinski definition) is 0. The van der Waals surface area contributed by atoms with E-state index in [-0.39, 0.29) is 11.9 Å². The summed E-state index contributed by atoms with van der Waals surface area (Å²) in [7, 11) is 1.64. The van der Waals surface area contributed by atoms with E-state index in [1.54, 1.807) is 7.11 Å². The highest BCUT2D eigenvalue weighted by Crippen LogP contribution is 2.26. The molecule has 0 radical (unpaired) electrons. The van der Waals surface area contributed by atoms with Crippen LogP contribution in [0.4, 0.5) is 0 Å². The summed E-state index contributed by atoms with van der Waals surface area (Å²) >= 11 is 3.48. The van der Waals surface area contributed by atoms with E-state index >= 15 is 0 Å². The number of hydrogen-bond acceptors (Lipinski definition) is 3. The van der Waals surface area contributed by atoms with Crippen molar-refractivity contribution in [1.82, 2.24) is 4.90 Å². The monoisotopic (exact) mass is 393 g/mol. The summed E-state index contributed by atoms with van der Waals surface area (Å²) in [5.74, 6) is 2.61. The van der Waals surface area contributed by atoms with Crippen molar-refractivity contribution in [2.75, 3.05) is 7.11 Å². The van der Waals surface area contributed by atoms with E-state index in [0.717, 1.165) is 27.3 Å². The van der Waals surface area contributed by atoms with Crippen molar-refractivity contribution in [3.05, 3.63) is 51.9 Å². The minimum Gasteiger partial charge on any atom is -0.496 e. The predicted molar refractivity (Wildman–Crippen MR) is 98.1 cm³/mol. The Balaban J connectivity index is 1.99. The van der Waals surface area contributed by atoms with Gasteiger partial charge in [0.1, 0.15) is 17.3 Å². The van der Waals surface area contributed by atoms with Crippen LogP contribution in [-0.4, -0.2) is 24.0 Å². The Morgan fingerprint density at radius 1 is 1.29 bits per heavy atom. The molecule has 0 spiro atoms. The van der Waals surface area contributed by atoms with E-state index in [9.17, 15) is 4.79 Å². The number of amides is 1. The van der Waals surface area contributed by atoms with Crippen molar-refractivity contribution in [2.45, 2.75) is 46.2 Å². The molecule has 0 aliphatic carbocycles. The zero-order valence-corrected chi connectivity index (χ0v) is 16.2. The number of ether oxygens (including phenoxy) is 1. The van der Waals surface area contributed by atoms with Crippen LogP contribution < -0.4 is 4.74 Å². The maximum atomic E-state index is 12.6. The molecule has 0 bridgehead atoms. The van der Waals surface area contributed by atoms with Crippen molar-refractivity contribution in [2.24, 2.45) is 0 Å². The molecule has 4 nitrogen and oxygen atoms in total. The molecule has 0 N–H and O–H groups in total. The van der Waals surface area contributed by atoms with Gasteiger partial charge in [0.2, 0.25) is 5.91 Å². The first-order valence-electron chi connectivity index (χ1n) is 8.08. The molecule has 1 aromatic heterocycles. The minimum atomic E-state index is 0.130. The average Bonchev–Trinajstić information content (AvgIpc) is 2.95. The van der Waals surface area contributed by atoms with E-state index in [1.165, 1.54) is 0 Å². The Bertz CT molecular complexity index is 694. The molecule has 1 amide bonds. The Morgan fingerprint density at radius 3 is 2.58 bits per heavy atom. The van der Waals surface area contributed by atoms with Crippen LogP contribution in [0, 0.1) is 6.92 Å². The summed E-state index contributed by atoms with van der Waals surface area (Å²) < 4.78 is 11.7. The van der Waals surface area contributed by atoms with Crippen molar-refractivity contribution in [1.29, 1.82) is 0 Å². The van der Waals surface area contributed by atoms with Crippen molar-refractivity contribution in [3.63, 3.8) is 0 Å². The molecule has 0 saturated heterocycles. The zero-order valence-electron chi connectivity index (χ0n) is 14.6. The molecule has 0 fully saturated rings. The lowest BCUT2D eigenvalue weighted by Crippen LogP contribution is -2.36. The highest BCUT2D eigenvalue weighted by atomic mass is 79.9. The zero-order chi connectivity index (χ0) is 17.7. The Kier molecular flexibility index (Phi) is 6.49. The third kappa shape index (κ3) is 4.87. The highest BCUT2D eigenvalue weighted by molar-refractivity contribution is 9.10. The second-order valence-electron chi connectivity index (χ2n) is 6.10. The van der Waals surface area contributed by atoms with Gasteiger partial charge in [0.25, 0.3) is 0 Å². The quantitative estimate of drug-likeness (QED) is 0.682. The first kappa shape index (κ1) is 18.6. The van der Waals surface area contributed by atoms with Gasteiger partial charge in [-0.15, -0.1) is 0 Å². The molecule has 1 aromatic carbocycles. The van der Waals surface area contributed by atoms with E-state index in [2.05, 4.69) is 15.9 Å². The summed E-state index contributed by atoms with van der Waals surface area (Å²) in [5, 5.41) is 0. The van der Waals surface area contributed by atoms with Crippen LogP contribution in [0.5, 0.6) is 5.75 Å². The van der Waals surface area contributed by atoms with Gasteiger partial charge in [0.15, 0.2) is 0 Å². The largest absolute Gasteiger partial charge is 0.496 e. The smallest absolute Gasteiger partial charge is 0.223 e. The SMILES string of the molecule is COc1ccc(CCC(=O)N(Cc2ccc(C)o2)C(C)C)cc1Br. The van der Waals surface area contributed by atoms with E-state index in [0.29, 0.717) is 19.4 Å². The molecule has 5 heteroatoms. The lowest BCUT2D eigenvalue weighted by molar-refractivity contribution is -0.133. The van der Waals surface area contributed by atoms with Crippen LogP contribution in [0.15, 0.2) is 39.2 Å². The van der Waals surface area contributed by atoms with Gasteiger partial charge in [0, 0.05) is 12.5 Å². The number of halogens is 1. The first-order valence-corrected chi connectivity index (χ1v) is 8.87. The molecule has 24 heavy (non-hydrogen) atoms. The number of rotatable bonds is 7. The maximum absolute atomic E-state index is 12.6. The average molecular weight is 394 g/mol. The minimum absolute atomic E-state index is 0.130. The summed E-state index contributed by atoms with van der Waals surface area (Å²) in [5.41, 5.74) is 1.11. The van der Waals surface area contributed by atoms with E-state index in [4.69, 9.17) is 9.15 Å². The molecule has 2 rings (SSSR count). The van der Waals surface area contributed by atoms with Gasteiger partial charge in [-0.25, -0.2) is 0 Å². The van der Waals surface area contributed by atoms with E-state index in [1.807, 2.05) is 56.0 Å². The number of aryl methyl sites for hydroxylation is 2. The van der Waals surface area contributed by atoms with Gasteiger partial charge in [0.05, 0.1) is 18.1 Å². The molecule has 0 atom stereocenters. The van der Waals surface area contributed by atoms with Crippen LogP contribution >= 0.6 is 15.9 Å². The standard InChI is InChI=1S/C19H24BrNO3/c1-13(2)21(12-16-8-5-14(3)24-16)19(22)10-7-15-6-9-18(23-4)17(20)11-15/h5-6,8-9,11,13H,7,10,12H2,1-4H3. The molecule has 0 unspecified atom stereocenters. The van der Waals surface area contributed by atoms with Gasteiger partial charge < -0.3 is 14.1 Å². The third-order valence-corrected chi connectivity index (χ3v) is 4.53. The number of nitrogens with zero attached hydrogens (tertiary/aromatic N) is 1. The number of carbonyl (C=O) groups is 1. The number of methoxy groups -OCH3 is 1. The van der Waals surface area contributed by atoms with Crippen molar-refractivity contribution in [3.8, 4) is 5.75 Å². The molecule has 2 aromatic rings. The molecular formula is C19H24BrNO3. The van der Waals surface area contributed by atoms with Crippen molar-refractivity contribution >= 4 is 21.8 Å². The molecule has 130 valence electrons. The first-order chi connectivity index (χ1) is 11.4. The molecule has 0 aliphatic heterocycles. The topological polar surface area (TPSA) is 42.7 Å². The van der Waals surface area contributed by atoms with Gasteiger partial charge in [-0.05, 0) is 73.0 Å². The lowest BCUT2D eigenvalue weighted by atomic mass is 10.1. The maximum Gasteiger partial charge on any atom is 0.223 e. The number of benzene rings is 1. The second-order valence-corrected chi connectivity index (χ2v) is 6.95. The Labute approximate surface area is 151 Å². The summed E-state index contributed by atoms with van der Waals surface area (Å²) in [6.45, 7) is 6.47. The van der Waals surface area contributed by atoms with Gasteiger partial charge in [-0.1, -0.05) is 6.07 Å². The van der Waals surface area contributed by atoms with E-state index < -0.39 is 0 Å². The second kappa shape index (κ2) is 8.38. The normalized spacial score (nSPS) is 10.9. The molecular weight excluding hydrogens is 370 g/mol. The van der Waals surface area contributed by atoms with Gasteiger partial charge in [-0.2, -0.15) is 0 Å². The Morgan fingerprint density at radius 2 is 2.04 bits per heavy atom. The lowest BCUT2D eigenvalue weighted by Gasteiger charge is -2.26. The van der Waals surface area contributed by atoms with Gasteiger partial charge in [-0.3, -0.25) is 4.79 Å². The highest BCUT2D eigenvalue weighted by Gasteiger charge is 2.18. The fourth-order valence-electron chi connectivity index (χ4n) is 2.56. The third-order valence-electron chi connectivity index (χ3n) is 3.91. The van der Waals surface area contributed by atoms with Crippen molar-refractivity contribution < 1.29 is 13.9 Å². The van der Waals surface area contributed by atoms with Crippen LogP contribution in [-0.2, 0) is 17.8 Å². The van der Waals surface area contributed by atoms with Crippen LogP contribution in [0.25, 0.3) is 0 Å². The molecule has 0 aliphatic rings. The Hall–Kier alpha value is -1.75.